The quantitative estimate of drug-likeness (QED) is 0.186. The van der Waals surface area contributed by atoms with E-state index < -0.39 is 0 Å². The minimum absolute atomic E-state index is 0.0611. The van der Waals surface area contributed by atoms with Crippen molar-refractivity contribution >= 4 is 27.9 Å². The minimum atomic E-state index is -0.0611. The Morgan fingerprint density at radius 2 is 1.38 bits per heavy atom. The first kappa shape index (κ1) is 31.2. The number of nitrogens with zero attached hydrogens (tertiary/aromatic N) is 4. The Hall–Kier alpha value is -6.57. The molecule has 10 rings (SSSR count). The van der Waals surface area contributed by atoms with Crippen LogP contribution in [-0.2, 0) is 5.41 Å². The first-order chi connectivity index (χ1) is 25.9. The summed E-state index contributed by atoms with van der Waals surface area (Å²) < 4.78 is 2.47. The van der Waals surface area contributed by atoms with Crippen LogP contribution in [0.15, 0.2) is 151 Å². The third kappa shape index (κ3) is 4.67. The second-order valence-electron chi connectivity index (χ2n) is 14.9. The van der Waals surface area contributed by atoms with Crippen LogP contribution < -0.4 is 0 Å². The monoisotopic (exact) mass is 680 g/mol. The average Bonchev–Trinajstić information content (AvgIpc) is 3.67. The number of aromatic nitrogens is 3. The number of benzene rings is 6. The lowest BCUT2D eigenvalue weighted by Gasteiger charge is -2.33. The van der Waals surface area contributed by atoms with Crippen LogP contribution in [0.4, 0.5) is 0 Å². The summed E-state index contributed by atoms with van der Waals surface area (Å²) in [5.74, 6) is 1.13. The molecule has 2 aliphatic carbocycles. The molecule has 0 saturated heterocycles. The van der Waals surface area contributed by atoms with Crippen molar-refractivity contribution < 1.29 is 0 Å². The fraction of sp³-hybridized carbons (Fsp3) is 0.122. The van der Waals surface area contributed by atoms with Crippen LogP contribution in [0.1, 0.15) is 60.6 Å². The Morgan fingerprint density at radius 3 is 2.23 bits per heavy atom. The number of hydrogen-bond donors (Lipinski definition) is 0. The van der Waals surface area contributed by atoms with Gasteiger partial charge in [-0.05, 0) is 58.7 Å². The van der Waals surface area contributed by atoms with E-state index in [4.69, 9.17) is 9.97 Å². The van der Waals surface area contributed by atoms with Gasteiger partial charge >= 0.3 is 0 Å². The summed E-state index contributed by atoms with van der Waals surface area (Å²) >= 11 is 0. The van der Waals surface area contributed by atoms with Crippen LogP contribution in [0.3, 0.4) is 0 Å². The highest BCUT2D eigenvalue weighted by molar-refractivity contribution is 5.97. The molecular weight excluding hydrogens is 645 g/mol. The van der Waals surface area contributed by atoms with Crippen LogP contribution in [0.5, 0.6) is 0 Å². The van der Waals surface area contributed by atoms with E-state index >= 15 is 0 Å². The van der Waals surface area contributed by atoms with Gasteiger partial charge in [0.2, 0.25) is 0 Å². The number of fused-ring (bicyclic) bond motifs is 7. The summed E-state index contributed by atoms with van der Waals surface area (Å²) in [6, 6.07) is 53.3. The topological polar surface area (TPSA) is 54.5 Å². The van der Waals surface area contributed by atoms with E-state index in [-0.39, 0.29) is 17.3 Å². The molecule has 4 nitrogen and oxygen atoms in total. The molecule has 252 valence electrons. The molecule has 4 heteroatoms. The van der Waals surface area contributed by atoms with Crippen molar-refractivity contribution in [1.82, 2.24) is 14.5 Å². The maximum absolute atomic E-state index is 10.3. The van der Waals surface area contributed by atoms with Crippen molar-refractivity contribution in [1.29, 1.82) is 5.26 Å². The van der Waals surface area contributed by atoms with Gasteiger partial charge in [0.25, 0.3) is 0 Å². The molecule has 6 aromatic carbocycles. The molecule has 2 unspecified atom stereocenters. The van der Waals surface area contributed by atoms with Crippen molar-refractivity contribution in [3.8, 4) is 45.5 Å². The number of allylic oxidation sites excluding steroid dienone is 1. The summed E-state index contributed by atoms with van der Waals surface area (Å²) in [4.78, 5) is 10.5. The third-order valence-corrected chi connectivity index (χ3v) is 11.7. The zero-order valence-electron chi connectivity index (χ0n) is 29.9. The SMILES string of the molecule is CC1c2c(c3ccccc3n2-c2cc(-c3nc(-c4ccccc4)c4ccccc4n3)cc(-c3ccccc3C#N)c2)C=C2C1c1ccccc1C2(C)C. The molecule has 0 spiro atoms. The Kier molecular flexibility index (Phi) is 6.90. The maximum atomic E-state index is 10.3. The van der Waals surface area contributed by atoms with Gasteiger partial charge in [0.05, 0.1) is 28.4 Å². The predicted molar refractivity (Wildman–Crippen MR) is 216 cm³/mol. The Labute approximate surface area is 309 Å². The van der Waals surface area contributed by atoms with Gasteiger partial charge in [0.15, 0.2) is 5.82 Å². The lowest BCUT2D eigenvalue weighted by Crippen LogP contribution is -2.22. The molecule has 0 N–H and O–H groups in total. The van der Waals surface area contributed by atoms with Crippen LogP contribution in [0.2, 0.25) is 0 Å². The van der Waals surface area contributed by atoms with Gasteiger partial charge in [0, 0.05) is 56.1 Å². The lowest BCUT2D eigenvalue weighted by molar-refractivity contribution is 0.561. The van der Waals surface area contributed by atoms with Crippen molar-refractivity contribution in [3.05, 3.63) is 179 Å². The third-order valence-electron chi connectivity index (χ3n) is 11.7. The number of hydrogen-bond acceptors (Lipinski definition) is 3. The Morgan fingerprint density at radius 1 is 0.679 bits per heavy atom. The minimum Gasteiger partial charge on any atom is -0.313 e. The molecule has 0 amide bonds. The van der Waals surface area contributed by atoms with Gasteiger partial charge in [-0.1, -0.05) is 142 Å². The van der Waals surface area contributed by atoms with Gasteiger partial charge in [-0.3, -0.25) is 0 Å². The molecule has 0 fully saturated rings. The van der Waals surface area contributed by atoms with Gasteiger partial charge in [-0.25, -0.2) is 9.97 Å². The van der Waals surface area contributed by atoms with E-state index in [9.17, 15) is 5.26 Å². The highest BCUT2D eigenvalue weighted by Gasteiger charge is 2.47. The summed E-state index contributed by atoms with van der Waals surface area (Å²) in [7, 11) is 0. The van der Waals surface area contributed by atoms with Crippen molar-refractivity contribution in [2.45, 2.75) is 38.0 Å². The zero-order valence-corrected chi connectivity index (χ0v) is 29.9. The zero-order chi connectivity index (χ0) is 35.8. The molecule has 0 bridgehead atoms. The molecular formula is C49H36N4. The lowest BCUT2D eigenvalue weighted by atomic mass is 9.72. The standard InChI is InChI=1S/C49H36N4/c1-30-45-38-20-9-12-22-41(38)49(2,3)42(45)28-40-37-19-11-14-24-44(37)53(47(30)40)35-26-33(36-18-8-7-17-32(36)29-50)25-34(27-35)48-51-43-23-13-10-21-39(43)46(52-48)31-15-5-4-6-16-31/h4-28,30,45H,1-3H3. The van der Waals surface area contributed by atoms with Crippen molar-refractivity contribution in [2.75, 3.05) is 0 Å². The van der Waals surface area contributed by atoms with Crippen LogP contribution >= 0.6 is 0 Å². The van der Waals surface area contributed by atoms with Crippen molar-refractivity contribution in [3.63, 3.8) is 0 Å². The molecule has 0 radical (unpaired) electrons. The maximum Gasteiger partial charge on any atom is 0.160 e. The first-order valence-electron chi connectivity index (χ1n) is 18.3. The molecule has 0 saturated carbocycles. The molecule has 53 heavy (non-hydrogen) atoms. The average molecular weight is 681 g/mol. The molecule has 2 aromatic heterocycles. The van der Waals surface area contributed by atoms with Crippen molar-refractivity contribution in [2.24, 2.45) is 0 Å². The molecule has 2 heterocycles. The van der Waals surface area contributed by atoms with Gasteiger partial charge in [0.1, 0.15) is 0 Å². The van der Waals surface area contributed by atoms with Crippen LogP contribution in [0.25, 0.3) is 67.3 Å². The highest BCUT2D eigenvalue weighted by atomic mass is 15.0. The second kappa shape index (κ2) is 11.7. The predicted octanol–water partition coefficient (Wildman–Crippen LogP) is 12.0. The van der Waals surface area contributed by atoms with Gasteiger partial charge < -0.3 is 4.57 Å². The van der Waals surface area contributed by atoms with E-state index in [1.165, 1.54) is 33.3 Å². The van der Waals surface area contributed by atoms with Gasteiger partial charge in [-0.2, -0.15) is 5.26 Å². The van der Waals surface area contributed by atoms with Crippen LogP contribution in [-0.4, -0.2) is 14.5 Å². The summed E-state index contributed by atoms with van der Waals surface area (Å²) in [5.41, 5.74) is 15.2. The smallest absolute Gasteiger partial charge is 0.160 e. The van der Waals surface area contributed by atoms with E-state index in [0.29, 0.717) is 11.4 Å². The molecule has 2 aliphatic rings. The second-order valence-corrected chi connectivity index (χ2v) is 14.9. The Bertz CT molecular complexity index is 2850. The van der Waals surface area contributed by atoms with E-state index in [2.05, 4.69) is 141 Å². The summed E-state index contributed by atoms with van der Waals surface area (Å²) in [5, 5.41) is 12.5. The van der Waals surface area contributed by atoms with E-state index in [0.717, 1.165) is 50.1 Å². The molecule has 0 aliphatic heterocycles. The highest BCUT2D eigenvalue weighted by Crippen LogP contribution is 2.59. The fourth-order valence-corrected chi connectivity index (χ4v) is 9.21. The Balaban J connectivity index is 1.27. The summed E-state index contributed by atoms with van der Waals surface area (Å²) in [6.07, 6.45) is 2.49. The molecule has 2 atom stereocenters. The first-order valence-corrected chi connectivity index (χ1v) is 18.3. The normalized spacial score (nSPS) is 16.8. The summed E-state index contributed by atoms with van der Waals surface area (Å²) in [6.45, 7) is 7.16. The molecule has 8 aromatic rings. The van der Waals surface area contributed by atoms with Gasteiger partial charge in [-0.15, -0.1) is 0 Å². The van der Waals surface area contributed by atoms with E-state index in [1.54, 1.807) is 0 Å². The fourth-order valence-electron chi connectivity index (χ4n) is 9.21. The van der Waals surface area contributed by atoms with Crippen LogP contribution in [0, 0.1) is 11.3 Å². The van der Waals surface area contributed by atoms with E-state index in [1.807, 2.05) is 42.5 Å². The number of para-hydroxylation sites is 2. The largest absolute Gasteiger partial charge is 0.313 e. The number of rotatable bonds is 4. The number of nitriles is 1.